The normalized spacial score (nSPS) is 14.9. The smallest absolute Gasteiger partial charge is 0.243 e. The van der Waals surface area contributed by atoms with E-state index in [1.165, 1.54) is 30.7 Å². The van der Waals surface area contributed by atoms with Crippen LogP contribution in [0.15, 0.2) is 47.4 Å². The summed E-state index contributed by atoms with van der Waals surface area (Å²) in [7, 11) is -0.909. The van der Waals surface area contributed by atoms with E-state index in [2.05, 4.69) is 5.32 Å². The fraction of sp³-hybridized carbons (Fsp3) is 0.435. The van der Waals surface area contributed by atoms with Crippen molar-refractivity contribution >= 4 is 15.9 Å². The first kappa shape index (κ1) is 24.0. The van der Waals surface area contributed by atoms with Gasteiger partial charge < -0.3 is 14.8 Å². The lowest BCUT2D eigenvalue weighted by molar-refractivity contribution is -0.121. The van der Waals surface area contributed by atoms with Crippen molar-refractivity contribution in [2.45, 2.75) is 49.6 Å². The number of rotatable bonds is 9. The molecule has 0 bridgehead atoms. The third-order valence-corrected chi connectivity index (χ3v) is 7.61. The molecule has 1 aliphatic carbocycles. The molecule has 7 nitrogen and oxygen atoms in total. The molecule has 0 atom stereocenters. The molecule has 2 aromatic rings. The molecule has 0 unspecified atom stereocenters. The Labute approximate surface area is 188 Å². The van der Waals surface area contributed by atoms with Crippen molar-refractivity contribution in [2.24, 2.45) is 0 Å². The Hall–Kier alpha value is -2.65. The van der Waals surface area contributed by atoms with Crippen LogP contribution in [0.4, 0.5) is 4.39 Å². The Bertz CT molecular complexity index is 999. The molecule has 9 heteroatoms. The van der Waals surface area contributed by atoms with E-state index in [1.807, 2.05) is 0 Å². The number of nitrogens with one attached hydrogen (secondary N) is 1. The SMILES string of the molecule is COc1cccc(OC)c1CNC(=O)CN(C1CCCCC1)S(=O)(=O)c1ccc(F)cc1. The van der Waals surface area contributed by atoms with Crippen LogP contribution < -0.4 is 14.8 Å². The molecule has 0 radical (unpaired) electrons. The number of sulfonamides is 1. The second-order valence-corrected chi connectivity index (χ2v) is 9.60. The number of carbonyl (C=O) groups is 1. The lowest BCUT2D eigenvalue weighted by Crippen LogP contribution is -2.46. The number of nitrogens with zero attached hydrogens (tertiary/aromatic N) is 1. The molecule has 1 saturated carbocycles. The average Bonchev–Trinajstić information content (AvgIpc) is 2.81. The van der Waals surface area contributed by atoms with Gasteiger partial charge in [-0.3, -0.25) is 4.79 Å². The Kier molecular flexibility index (Phi) is 8.09. The van der Waals surface area contributed by atoms with Crippen molar-refractivity contribution in [3.05, 3.63) is 53.8 Å². The average molecular weight is 465 g/mol. The maximum Gasteiger partial charge on any atom is 0.243 e. The zero-order valence-electron chi connectivity index (χ0n) is 18.3. The number of carbonyl (C=O) groups excluding carboxylic acids is 1. The fourth-order valence-corrected chi connectivity index (χ4v) is 5.65. The van der Waals surface area contributed by atoms with Crippen LogP contribution in [0.3, 0.4) is 0 Å². The van der Waals surface area contributed by atoms with Crippen molar-refractivity contribution in [2.75, 3.05) is 20.8 Å². The van der Waals surface area contributed by atoms with E-state index in [1.54, 1.807) is 18.2 Å². The first-order valence-electron chi connectivity index (χ1n) is 10.6. The lowest BCUT2D eigenvalue weighted by atomic mass is 9.95. The maximum atomic E-state index is 13.3. The highest BCUT2D eigenvalue weighted by Gasteiger charge is 2.34. The van der Waals surface area contributed by atoms with Crippen molar-refractivity contribution in [3.63, 3.8) is 0 Å². The minimum Gasteiger partial charge on any atom is -0.496 e. The molecule has 1 fully saturated rings. The van der Waals surface area contributed by atoms with Crippen LogP contribution in [0.5, 0.6) is 11.5 Å². The standard InChI is InChI=1S/C23H29FN2O5S/c1-30-21-9-6-10-22(31-2)20(21)15-25-23(27)16-26(18-7-4-3-5-8-18)32(28,29)19-13-11-17(24)12-14-19/h6,9-14,18H,3-5,7-8,15-16H2,1-2H3,(H,25,27). The van der Waals surface area contributed by atoms with Gasteiger partial charge in [-0.05, 0) is 49.2 Å². The van der Waals surface area contributed by atoms with Gasteiger partial charge in [-0.1, -0.05) is 25.3 Å². The highest BCUT2D eigenvalue weighted by Crippen LogP contribution is 2.29. The lowest BCUT2D eigenvalue weighted by Gasteiger charge is -2.33. The Morgan fingerprint density at radius 3 is 2.19 bits per heavy atom. The zero-order chi connectivity index (χ0) is 23.1. The first-order valence-corrected chi connectivity index (χ1v) is 12.0. The quantitative estimate of drug-likeness (QED) is 0.614. The van der Waals surface area contributed by atoms with Gasteiger partial charge in [0.1, 0.15) is 17.3 Å². The van der Waals surface area contributed by atoms with Crippen molar-refractivity contribution < 1.29 is 27.1 Å². The second-order valence-electron chi connectivity index (χ2n) is 7.71. The molecular weight excluding hydrogens is 435 g/mol. The van der Waals surface area contributed by atoms with Gasteiger partial charge in [0.05, 0.1) is 37.8 Å². The van der Waals surface area contributed by atoms with Crippen molar-refractivity contribution in [3.8, 4) is 11.5 Å². The van der Waals surface area contributed by atoms with Crippen LogP contribution in [-0.2, 0) is 21.4 Å². The Balaban J connectivity index is 1.79. The molecule has 2 aromatic carbocycles. The summed E-state index contributed by atoms with van der Waals surface area (Å²) in [5.74, 6) is 0.173. The van der Waals surface area contributed by atoms with E-state index >= 15 is 0 Å². The molecule has 3 rings (SSSR count). The highest BCUT2D eigenvalue weighted by atomic mass is 32.2. The van der Waals surface area contributed by atoms with Gasteiger partial charge in [0, 0.05) is 6.04 Å². The highest BCUT2D eigenvalue weighted by molar-refractivity contribution is 7.89. The predicted molar refractivity (Wildman–Crippen MR) is 119 cm³/mol. The number of ether oxygens (including phenoxy) is 2. The minimum atomic E-state index is -3.96. The second kappa shape index (κ2) is 10.8. The largest absolute Gasteiger partial charge is 0.496 e. The van der Waals surface area contributed by atoms with E-state index in [9.17, 15) is 17.6 Å². The summed E-state index contributed by atoms with van der Waals surface area (Å²) >= 11 is 0. The van der Waals surface area contributed by atoms with E-state index in [0.717, 1.165) is 31.4 Å². The third kappa shape index (κ3) is 5.58. The van der Waals surface area contributed by atoms with Crippen LogP contribution in [-0.4, -0.2) is 45.4 Å². The van der Waals surface area contributed by atoms with Crippen LogP contribution in [0, 0.1) is 5.82 Å². The summed E-state index contributed by atoms with van der Waals surface area (Å²) < 4.78 is 52.0. The molecular formula is C23H29FN2O5S. The van der Waals surface area contributed by atoms with E-state index in [-0.39, 0.29) is 24.0 Å². The van der Waals surface area contributed by atoms with Crippen LogP contribution in [0.2, 0.25) is 0 Å². The molecule has 1 aliphatic rings. The number of benzene rings is 2. The Morgan fingerprint density at radius 2 is 1.62 bits per heavy atom. The zero-order valence-corrected chi connectivity index (χ0v) is 19.2. The van der Waals surface area contributed by atoms with Crippen molar-refractivity contribution in [1.29, 1.82) is 0 Å². The number of amides is 1. The molecule has 0 heterocycles. The molecule has 32 heavy (non-hydrogen) atoms. The van der Waals surface area contributed by atoms with Crippen LogP contribution in [0.25, 0.3) is 0 Å². The molecule has 0 saturated heterocycles. The van der Waals surface area contributed by atoms with Gasteiger partial charge >= 0.3 is 0 Å². The number of hydrogen-bond acceptors (Lipinski definition) is 5. The monoisotopic (exact) mass is 464 g/mol. The fourth-order valence-electron chi connectivity index (χ4n) is 4.01. The molecule has 0 spiro atoms. The van der Waals surface area contributed by atoms with Crippen LogP contribution in [0.1, 0.15) is 37.7 Å². The summed E-state index contributed by atoms with van der Waals surface area (Å²) in [5.41, 5.74) is 0.663. The number of hydrogen-bond donors (Lipinski definition) is 1. The van der Waals surface area contributed by atoms with Crippen molar-refractivity contribution in [1.82, 2.24) is 9.62 Å². The molecule has 1 amide bonds. The summed E-state index contributed by atoms with van der Waals surface area (Å²) in [5, 5.41) is 2.79. The molecule has 174 valence electrons. The summed E-state index contributed by atoms with van der Waals surface area (Å²) in [6, 6.07) is 9.72. The topological polar surface area (TPSA) is 84.9 Å². The summed E-state index contributed by atoms with van der Waals surface area (Å²) in [6.45, 7) is -0.192. The molecule has 1 N–H and O–H groups in total. The van der Waals surface area contributed by atoms with E-state index < -0.39 is 21.7 Å². The minimum absolute atomic E-state index is 0.0244. The van der Waals surface area contributed by atoms with Gasteiger partial charge in [-0.15, -0.1) is 0 Å². The van der Waals surface area contributed by atoms with Crippen LogP contribution >= 0.6 is 0 Å². The molecule has 0 aliphatic heterocycles. The van der Waals surface area contributed by atoms with Gasteiger partial charge in [-0.2, -0.15) is 4.31 Å². The van der Waals surface area contributed by atoms with E-state index in [0.29, 0.717) is 29.9 Å². The van der Waals surface area contributed by atoms with Gasteiger partial charge in [-0.25, -0.2) is 12.8 Å². The van der Waals surface area contributed by atoms with Gasteiger partial charge in [0.25, 0.3) is 0 Å². The van der Waals surface area contributed by atoms with E-state index in [4.69, 9.17) is 9.47 Å². The first-order chi connectivity index (χ1) is 15.4. The summed E-state index contributed by atoms with van der Waals surface area (Å²) in [6.07, 6.45) is 4.23. The number of methoxy groups -OCH3 is 2. The maximum absolute atomic E-state index is 13.3. The van der Waals surface area contributed by atoms with Gasteiger partial charge in [0.2, 0.25) is 15.9 Å². The summed E-state index contributed by atoms with van der Waals surface area (Å²) in [4.78, 5) is 12.8. The molecule has 0 aromatic heterocycles. The number of halogens is 1. The van der Waals surface area contributed by atoms with Gasteiger partial charge in [0.15, 0.2) is 0 Å². The Morgan fingerprint density at radius 1 is 1.03 bits per heavy atom. The third-order valence-electron chi connectivity index (χ3n) is 5.69. The predicted octanol–water partition coefficient (Wildman–Crippen LogP) is 3.48.